The van der Waals surface area contributed by atoms with E-state index < -0.39 is 8.38 Å². The molecule has 1 unspecified atom stereocenters. The summed E-state index contributed by atoms with van der Waals surface area (Å²) in [5, 5.41) is 2.93. The molecule has 1 aromatic heterocycles. The van der Waals surface area contributed by atoms with Crippen molar-refractivity contribution in [3.05, 3.63) is 10.4 Å². The van der Waals surface area contributed by atoms with Gasteiger partial charge >= 0.3 is 0 Å². The zero-order valence-electron chi connectivity index (χ0n) is 10.3. The molecule has 0 radical (unpaired) electrons. The van der Waals surface area contributed by atoms with Crippen molar-refractivity contribution in [3.63, 3.8) is 0 Å². The van der Waals surface area contributed by atoms with Gasteiger partial charge in [-0.1, -0.05) is 0 Å². The predicted molar refractivity (Wildman–Crippen MR) is 71.9 cm³/mol. The van der Waals surface area contributed by atoms with Gasteiger partial charge in [-0.3, -0.25) is 9.78 Å². The molecule has 1 aliphatic heterocycles. The molecule has 0 aromatic carbocycles. The second-order valence-electron chi connectivity index (χ2n) is 4.19. The number of hydrogen-bond donors (Lipinski definition) is 5. The van der Waals surface area contributed by atoms with Gasteiger partial charge in [0.05, 0.1) is 12.8 Å². The van der Waals surface area contributed by atoms with Gasteiger partial charge in [0.1, 0.15) is 12.0 Å². The Morgan fingerprint density at radius 1 is 1.63 bits per heavy atom. The zero-order valence-corrected chi connectivity index (χ0v) is 11.2. The maximum atomic E-state index is 11.6. The Kier molecular flexibility index (Phi) is 4.20. The summed E-state index contributed by atoms with van der Waals surface area (Å²) in [6, 6.07) is 0. The first kappa shape index (κ1) is 14.0. The van der Waals surface area contributed by atoms with E-state index in [2.05, 4.69) is 15.3 Å². The molecule has 19 heavy (non-hydrogen) atoms. The van der Waals surface area contributed by atoms with Crippen LogP contribution in [0, 0.1) is 0 Å². The van der Waals surface area contributed by atoms with Crippen LogP contribution in [-0.4, -0.2) is 45.4 Å². The van der Waals surface area contributed by atoms with E-state index in [0.29, 0.717) is 24.7 Å². The fourth-order valence-corrected chi connectivity index (χ4v) is 2.21. The molecule has 1 atom stereocenters. The van der Waals surface area contributed by atoms with Crippen molar-refractivity contribution in [1.82, 2.24) is 9.97 Å². The smallest absolute Gasteiger partial charge is 0.277 e. The predicted octanol–water partition coefficient (Wildman–Crippen LogP) is -0.799. The van der Waals surface area contributed by atoms with E-state index in [-0.39, 0.29) is 24.0 Å². The highest BCUT2D eigenvalue weighted by Crippen LogP contribution is 2.27. The Morgan fingerprint density at radius 3 is 3.05 bits per heavy atom. The lowest BCUT2D eigenvalue weighted by Crippen LogP contribution is -2.32. The molecule has 9 nitrogen and oxygen atoms in total. The molecule has 0 amide bonds. The molecule has 6 N–H and O–H groups in total. The topological polar surface area (TPSA) is 137 Å². The van der Waals surface area contributed by atoms with Gasteiger partial charge in [-0.05, 0) is 6.92 Å². The van der Waals surface area contributed by atoms with Gasteiger partial charge in [-0.25, -0.2) is 0 Å². The minimum Gasteiger partial charge on any atom is -0.369 e. The third-order valence-electron chi connectivity index (χ3n) is 2.62. The van der Waals surface area contributed by atoms with Gasteiger partial charge in [-0.2, -0.15) is 4.98 Å². The number of anilines is 3. The quantitative estimate of drug-likeness (QED) is 0.444. The molecule has 2 rings (SSSR count). The highest BCUT2D eigenvalue weighted by molar-refractivity contribution is 7.44. The van der Waals surface area contributed by atoms with Crippen LogP contribution in [0.4, 0.5) is 17.5 Å². The van der Waals surface area contributed by atoms with Crippen molar-refractivity contribution >= 4 is 25.8 Å². The SMILES string of the molecule is CC(CN1CNc2c1nc(N)[nH]c2=O)OCP(O)O. The lowest BCUT2D eigenvalue weighted by molar-refractivity contribution is 0.0997. The van der Waals surface area contributed by atoms with Gasteiger partial charge in [0.25, 0.3) is 5.56 Å². The number of aromatic nitrogens is 2. The van der Waals surface area contributed by atoms with Crippen LogP contribution in [0.15, 0.2) is 4.79 Å². The van der Waals surface area contributed by atoms with Crippen molar-refractivity contribution in [2.45, 2.75) is 13.0 Å². The van der Waals surface area contributed by atoms with Crippen molar-refractivity contribution in [3.8, 4) is 0 Å². The Labute approximate surface area is 110 Å². The second kappa shape index (κ2) is 5.70. The van der Waals surface area contributed by atoms with Crippen LogP contribution in [0.25, 0.3) is 0 Å². The third kappa shape index (κ3) is 3.32. The fraction of sp³-hybridized carbons (Fsp3) is 0.556. The number of ether oxygens (including phenoxy) is 1. The van der Waals surface area contributed by atoms with Crippen molar-refractivity contribution in [2.75, 3.05) is 35.5 Å². The standard InChI is InChI=1S/C9H16N5O4P/c1-5(18-4-19(16)17)2-14-3-11-6-7(14)12-9(10)13-8(6)15/h5,11,16-17H,2-4H2,1H3,(H3,10,12,13,15). The summed E-state index contributed by atoms with van der Waals surface area (Å²) >= 11 is 0. The number of nitrogens with one attached hydrogen (secondary N) is 2. The molecule has 0 aliphatic carbocycles. The van der Waals surface area contributed by atoms with E-state index in [1.807, 2.05) is 4.90 Å². The Morgan fingerprint density at radius 2 is 2.37 bits per heavy atom. The Hall–Kier alpha value is -1.41. The number of aromatic amines is 1. The number of nitrogen functional groups attached to an aromatic ring is 1. The monoisotopic (exact) mass is 289 g/mol. The van der Waals surface area contributed by atoms with Crippen molar-refractivity contribution in [1.29, 1.82) is 0 Å². The molecule has 0 saturated heterocycles. The number of rotatable bonds is 5. The van der Waals surface area contributed by atoms with Gasteiger partial charge in [0.15, 0.2) is 14.2 Å². The summed E-state index contributed by atoms with van der Waals surface area (Å²) in [5.74, 6) is 0.534. The van der Waals surface area contributed by atoms with E-state index in [4.69, 9.17) is 20.3 Å². The normalized spacial score (nSPS) is 15.5. The number of fused-ring (bicyclic) bond motifs is 1. The summed E-state index contributed by atoms with van der Waals surface area (Å²) in [7, 11) is -2.06. The molecule has 0 saturated carbocycles. The molecule has 1 aromatic rings. The first-order chi connectivity index (χ1) is 8.97. The summed E-state index contributed by atoms with van der Waals surface area (Å²) in [6.45, 7) is 2.68. The molecule has 2 heterocycles. The van der Waals surface area contributed by atoms with Gasteiger partial charge in [0.2, 0.25) is 5.95 Å². The Bertz CT molecular complexity index is 508. The molecular weight excluding hydrogens is 273 g/mol. The maximum absolute atomic E-state index is 11.6. The van der Waals surface area contributed by atoms with Crippen molar-refractivity contribution in [2.24, 2.45) is 0 Å². The molecule has 0 spiro atoms. The molecular formula is C9H16N5O4P. The zero-order chi connectivity index (χ0) is 14.0. The van der Waals surface area contributed by atoms with E-state index in [0.717, 1.165) is 0 Å². The highest BCUT2D eigenvalue weighted by Gasteiger charge is 2.25. The molecule has 0 fully saturated rings. The van der Waals surface area contributed by atoms with Crippen LogP contribution >= 0.6 is 8.38 Å². The minimum absolute atomic E-state index is 0.0558. The van der Waals surface area contributed by atoms with Gasteiger partial charge in [-0.15, -0.1) is 0 Å². The van der Waals surface area contributed by atoms with E-state index in [9.17, 15) is 4.79 Å². The number of hydrogen-bond acceptors (Lipinski definition) is 8. The molecule has 106 valence electrons. The molecule has 0 bridgehead atoms. The summed E-state index contributed by atoms with van der Waals surface area (Å²) in [5.41, 5.74) is 5.58. The third-order valence-corrected chi connectivity index (χ3v) is 3.00. The Balaban J connectivity index is 2.04. The largest absolute Gasteiger partial charge is 0.369 e. The summed E-state index contributed by atoms with van der Waals surface area (Å²) in [6.07, 6.45) is -0.338. The van der Waals surface area contributed by atoms with E-state index >= 15 is 0 Å². The number of H-pyrrole nitrogens is 1. The van der Waals surface area contributed by atoms with Gasteiger partial charge < -0.3 is 30.5 Å². The summed E-state index contributed by atoms with van der Waals surface area (Å²) < 4.78 is 5.26. The maximum Gasteiger partial charge on any atom is 0.277 e. The minimum atomic E-state index is -2.06. The lowest BCUT2D eigenvalue weighted by Gasteiger charge is -2.22. The fourth-order valence-electron chi connectivity index (χ4n) is 1.82. The van der Waals surface area contributed by atoms with Crippen LogP contribution < -0.4 is 21.5 Å². The van der Waals surface area contributed by atoms with E-state index in [1.165, 1.54) is 0 Å². The molecule has 1 aliphatic rings. The average molecular weight is 289 g/mol. The first-order valence-electron chi connectivity index (χ1n) is 5.63. The van der Waals surface area contributed by atoms with Crippen LogP contribution in [0.1, 0.15) is 6.92 Å². The lowest BCUT2D eigenvalue weighted by atomic mass is 10.3. The van der Waals surface area contributed by atoms with Crippen LogP contribution in [-0.2, 0) is 4.74 Å². The number of nitrogens with two attached hydrogens (primary N) is 1. The number of nitrogens with zero attached hydrogens (tertiary/aromatic N) is 2. The highest BCUT2D eigenvalue weighted by atomic mass is 31.2. The van der Waals surface area contributed by atoms with Crippen LogP contribution in [0.5, 0.6) is 0 Å². The van der Waals surface area contributed by atoms with Gasteiger partial charge in [0, 0.05) is 6.54 Å². The summed E-state index contributed by atoms with van der Waals surface area (Å²) in [4.78, 5) is 37.5. The van der Waals surface area contributed by atoms with Crippen LogP contribution in [0.3, 0.4) is 0 Å². The first-order valence-corrected chi connectivity index (χ1v) is 7.06. The van der Waals surface area contributed by atoms with Crippen LogP contribution in [0.2, 0.25) is 0 Å². The van der Waals surface area contributed by atoms with E-state index in [1.54, 1.807) is 6.92 Å². The average Bonchev–Trinajstić information content (AvgIpc) is 2.70. The molecule has 10 heteroatoms. The second-order valence-corrected chi connectivity index (χ2v) is 5.19. The van der Waals surface area contributed by atoms with Crippen molar-refractivity contribution < 1.29 is 14.5 Å².